The second-order valence-corrected chi connectivity index (χ2v) is 13.4. The molecule has 12 heteroatoms. The number of halogens is 1. The molecular formula is C46H34ClN7O4. The van der Waals surface area contributed by atoms with Crippen molar-refractivity contribution in [3.8, 4) is 22.8 Å². The van der Waals surface area contributed by atoms with Gasteiger partial charge in [-0.1, -0.05) is 90.5 Å². The first-order valence-electron chi connectivity index (χ1n) is 18.1. The van der Waals surface area contributed by atoms with E-state index >= 15 is 0 Å². The highest BCUT2D eigenvalue weighted by Crippen LogP contribution is 2.35. The van der Waals surface area contributed by atoms with E-state index in [0.29, 0.717) is 44.9 Å². The minimum Gasteiger partial charge on any atom is -0.493 e. The molecule has 1 aliphatic heterocycles. The molecule has 0 bridgehead atoms. The molecule has 2 heterocycles. The van der Waals surface area contributed by atoms with Crippen LogP contribution in [0.1, 0.15) is 27.0 Å². The van der Waals surface area contributed by atoms with Crippen molar-refractivity contribution in [2.45, 2.75) is 0 Å². The highest BCUT2D eigenvalue weighted by molar-refractivity contribution is 6.33. The number of carbonyl (C=O) groups is 2. The van der Waals surface area contributed by atoms with Crippen LogP contribution in [0.3, 0.4) is 0 Å². The largest absolute Gasteiger partial charge is 0.493 e. The normalized spacial score (nSPS) is 13.7. The first-order valence-corrected chi connectivity index (χ1v) is 18.5. The van der Waals surface area contributed by atoms with Crippen LogP contribution in [0.15, 0.2) is 178 Å². The average Bonchev–Trinajstić information content (AvgIpc) is 3.81. The summed E-state index contributed by atoms with van der Waals surface area (Å²) in [6.45, 7) is 0. The zero-order valence-electron chi connectivity index (χ0n) is 31.3. The predicted molar refractivity (Wildman–Crippen MR) is 228 cm³/mol. The number of aliphatic imine (C=N–C) groups is 1. The number of hydrogen-bond acceptors (Lipinski definition) is 7. The number of para-hydroxylation sites is 1. The molecule has 2 N–H and O–H groups in total. The molecule has 6 aromatic carbocycles. The first kappa shape index (κ1) is 37.3. The van der Waals surface area contributed by atoms with Crippen LogP contribution in [0.25, 0.3) is 28.2 Å². The Bertz CT molecular complexity index is 2760. The molecule has 11 nitrogen and oxygen atoms in total. The molecule has 284 valence electrons. The van der Waals surface area contributed by atoms with E-state index in [0.717, 1.165) is 33.3 Å². The fraction of sp³-hybridized carbons (Fsp3) is 0.0435. The summed E-state index contributed by atoms with van der Waals surface area (Å²) in [4.78, 5) is 37.9. The summed E-state index contributed by atoms with van der Waals surface area (Å²) < 4.78 is 10.9. The molecule has 2 amide bonds. The Kier molecular flexibility index (Phi) is 10.7. The van der Waals surface area contributed by atoms with Crippen LogP contribution in [-0.4, -0.2) is 42.7 Å². The highest BCUT2D eigenvalue weighted by atomic mass is 35.5. The molecule has 0 fully saturated rings. The molecule has 0 spiro atoms. The van der Waals surface area contributed by atoms with E-state index in [1.807, 2.05) is 91.0 Å². The van der Waals surface area contributed by atoms with Gasteiger partial charge in [0.25, 0.3) is 11.8 Å². The molecule has 7 aromatic rings. The van der Waals surface area contributed by atoms with Gasteiger partial charge in [-0.25, -0.2) is 10.4 Å². The number of nitrogens with zero attached hydrogens (tertiary/aromatic N) is 5. The lowest BCUT2D eigenvalue weighted by atomic mass is 10.0. The molecule has 0 aliphatic carbocycles. The maximum absolute atomic E-state index is 14.4. The minimum atomic E-state index is -0.510. The number of carbonyl (C=O) groups excluding carboxylic acids is 2. The van der Waals surface area contributed by atoms with Crippen LogP contribution >= 0.6 is 11.6 Å². The van der Waals surface area contributed by atoms with E-state index in [2.05, 4.69) is 25.7 Å². The van der Waals surface area contributed by atoms with Crippen LogP contribution < -0.4 is 19.8 Å². The average molecular weight is 784 g/mol. The summed E-state index contributed by atoms with van der Waals surface area (Å²) in [6.07, 6.45) is 1.84. The van der Waals surface area contributed by atoms with Crippen LogP contribution in [0.4, 0.5) is 11.4 Å². The number of fused-ring (bicyclic) bond motifs is 1. The third-order valence-electron chi connectivity index (χ3n) is 9.36. The van der Waals surface area contributed by atoms with Crippen molar-refractivity contribution < 1.29 is 19.1 Å². The number of H-pyrrole nitrogens is 1. The molecule has 0 saturated heterocycles. The number of benzene rings is 6. The van der Waals surface area contributed by atoms with Crippen molar-refractivity contribution in [2.75, 3.05) is 19.1 Å². The van der Waals surface area contributed by atoms with E-state index < -0.39 is 5.91 Å². The zero-order chi connectivity index (χ0) is 40.0. The highest BCUT2D eigenvalue weighted by Gasteiger charge is 2.33. The van der Waals surface area contributed by atoms with Gasteiger partial charge in [-0.15, -0.1) is 15.3 Å². The van der Waals surface area contributed by atoms with Crippen molar-refractivity contribution in [2.24, 2.45) is 20.3 Å². The number of amidine groups is 2. The van der Waals surface area contributed by atoms with Crippen LogP contribution in [0, 0.1) is 0 Å². The van der Waals surface area contributed by atoms with Crippen molar-refractivity contribution >= 4 is 63.4 Å². The third-order valence-corrected chi connectivity index (χ3v) is 9.61. The van der Waals surface area contributed by atoms with Gasteiger partial charge in [-0.05, 0) is 84.4 Å². The smallest absolute Gasteiger partial charge is 0.282 e. The van der Waals surface area contributed by atoms with E-state index in [4.69, 9.17) is 26.1 Å². The number of hydrogen-bond donors (Lipinski definition) is 2. The van der Waals surface area contributed by atoms with Gasteiger partial charge in [-0.3, -0.25) is 14.5 Å². The Morgan fingerprint density at radius 3 is 2.12 bits per heavy atom. The lowest BCUT2D eigenvalue weighted by Crippen LogP contribution is -2.32. The van der Waals surface area contributed by atoms with Crippen LogP contribution in [0.2, 0.25) is 5.02 Å². The van der Waals surface area contributed by atoms with E-state index in [1.165, 1.54) is 14.2 Å². The second kappa shape index (κ2) is 16.6. The maximum Gasteiger partial charge on any atom is 0.282 e. The maximum atomic E-state index is 14.4. The van der Waals surface area contributed by atoms with Crippen molar-refractivity contribution in [1.82, 2.24) is 10.4 Å². The zero-order valence-corrected chi connectivity index (χ0v) is 32.0. The number of hydrazone groups is 1. The van der Waals surface area contributed by atoms with Gasteiger partial charge in [0.1, 0.15) is 11.5 Å². The van der Waals surface area contributed by atoms with E-state index in [-0.39, 0.29) is 17.4 Å². The number of azo groups is 1. The molecule has 1 aliphatic rings. The number of aromatic amines is 1. The molecule has 0 atom stereocenters. The predicted octanol–water partition coefficient (Wildman–Crippen LogP) is 10.2. The van der Waals surface area contributed by atoms with E-state index in [9.17, 15) is 9.59 Å². The van der Waals surface area contributed by atoms with Crippen molar-refractivity contribution in [3.63, 3.8) is 0 Å². The molecule has 1 aromatic heterocycles. The molecule has 0 radical (unpaired) electrons. The van der Waals surface area contributed by atoms with Crippen molar-refractivity contribution in [1.29, 1.82) is 0 Å². The Labute approximate surface area is 338 Å². The second-order valence-electron chi connectivity index (χ2n) is 13.0. The standard InChI is InChI=1S/C46H34ClN7O4/c1-57-40-26-19-32(27-41(40)58-2)43(51-50-34-22-20-33(47)21-23-34)52-53-45(55)31-17-24-35(25-18-31)54-44(30-13-7-4-8-14-30)49-39(46(54)56)28-37-36-15-9-10-16-38(36)48-42(37)29-11-5-3-6-12-29/h3-28,48H,1-2H3,(H,53,55)/b39-28-,51-50?,52-43-. The van der Waals surface area contributed by atoms with Gasteiger partial charge in [-0.2, -0.15) is 0 Å². The number of amides is 2. The van der Waals surface area contributed by atoms with Gasteiger partial charge in [0.05, 0.1) is 31.3 Å². The Balaban J connectivity index is 1.10. The molecule has 8 rings (SSSR count). The number of anilines is 1. The summed E-state index contributed by atoms with van der Waals surface area (Å²) in [5.41, 5.74) is 9.16. The summed E-state index contributed by atoms with van der Waals surface area (Å²) in [6, 6.07) is 46.1. The summed E-state index contributed by atoms with van der Waals surface area (Å²) >= 11 is 6.04. The van der Waals surface area contributed by atoms with Crippen molar-refractivity contribution in [3.05, 3.63) is 185 Å². The first-order chi connectivity index (χ1) is 28.4. The van der Waals surface area contributed by atoms with E-state index in [1.54, 1.807) is 71.6 Å². The molecule has 58 heavy (non-hydrogen) atoms. The van der Waals surface area contributed by atoms with Gasteiger partial charge in [0, 0.05) is 38.2 Å². The Morgan fingerprint density at radius 2 is 1.41 bits per heavy atom. The number of ether oxygens (including phenoxy) is 2. The van der Waals surface area contributed by atoms with Gasteiger partial charge in [0.15, 0.2) is 11.5 Å². The number of methoxy groups -OCH3 is 2. The lowest BCUT2D eigenvalue weighted by molar-refractivity contribution is -0.113. The van der Waals surface area contributed by atoms with Crippen LogP contribution in [0.5, 0.6) is 11.5 Å². The molecule has 0 saturated carbocycles. The van der Waals surface area contributed by atoms with Gasteiger partial charge in [0.2, 0.25) is 5.84 Å². The fourth-order valence-corrected chi connectivity index (χ4v) is 6.61. The summed E-state index contributed by atoms with van der Waals surface area (Å²) in [7, 11) is 3.06. The van der Waals surface area contributed by atoms with Gasteiger partial charge < -0.3 is 14.5 Å². The summed E-state index contributed by atoms with van der Waals surface area (Å²) in [5.74, 6) is 0.712. The SMILES string of the molecule is COc1ccc(/C(N=Nc2ccc(Cl)cc2)=N/NC(=O)c2ccc(N3C(=O)/C(=C/c4c(-c5ccccc5)[nH]c5ccccc45)N=C3c3ccccc3)cc2)cc1OC. The number of aromatic nitrogens is 1. The third kappa shape index (κ3) is 7.75. The number of rotatable bonds is 10. The van der Waals surface area contributed by atoms with Gasteiger partial charge >= 0.3 is 0 Å². The molecule has 0 unspecified atom stereocenters. The molecular weight excluding hydrogens is 750 g/mol. The minimum absolute atomic E-state index is 0.109. The Morgan fingerprint density at radius 1 is 0.759 bits per heavy atom. The summed E-state index contributed by atoms with van der Waals surface area (Å²) in [5, 5.41) is 14.5. The lowest BCUT2D eigenvalue weighted by Gasteiger charge is -2.19. The van der Waals surface area contributed by atoms with Crippen LogP contribution in [-0.2, 0) is 4.79 Å². The number of nitrogens with one attached hydrogen (secondary N) is 2. The fourth-order valence-electron chi connectivity index (χ4n) is 6.48. The monoisotopic (exact) mass is 783 g/mol. The topological polar surface area (TPSA) is 133 Å². The quantitative estimate of drug-likeness (QED) is 0.0470. The Hall–Kier alpha value is -7.63.